The SMILES string of the molecule is CC(C)=CCNc1ccccc1Oc1ccccc1. The molecule has 0 atom stereocenters. The smallest absolute Gasteiger partial charge is 0.150 e. The van der Waals surface area contributed by atoms with Crippen molar-refractivity contribution in [1.29, 1.82) is 0 Å². The highest BCUT2D eigenvalue weighted by atomic mass is 16.5. The summed E-state index contributed by atoms with van der Waals surface area (Å²) in [5, 5.41) is 3.36. The predicted octanol–water partition coefficient (Wildman–Crippen LogP) is 4.86. The first-order valence-electron chi connectivity index (χ1n) is 6.45. The minimum Gasteiger partial charge on any atom is -0.455 e. The van der Waals surface area contributed by atoms with E-state index in [9.17, 15) is 0 Å². The molecule has 1 N–H and O–H groups in total. The Balaban J connectivity index is 2.10. The van der Waals surface area contributed by atoms with E-state index in [2.05, 4.69) is 25.2 Å². The summed E-state index contributed by atoms with van der Waals surface area (Å²) in [6, 6.07) is 17.8. The zero-order chi connectivity index (χ0) is 13.5. The topological polar surface area (TPSA) is 21.3 Å². The maximum atomic E-state index is 5.88. The van der Waals surface area contributed by atoms with Crippen molar-refractivity contribution in [3.8, 4) is 11.5 Å². The molecule has 2 heteroatoms. The second-order valence-electron chi connectivity index (χ2n) is 4.57. The molecule has 0 saturated heterocycles. The number of para-hydroxylation sites is 3. The van der Waals surface area contributed by atoms with Gasteiger partial charge < -0.3 is 10.1 Å². The normalized spacial score (nSPS) is 9.79. The maximum absolute atomic E-state index is 5.88. The van der Waals surface area contributed by atoms with Crippen LogP contribution >= 0.6 is 0 Å². The summed E-state index contributed by atoms with van der Waals surface area (Å²) < 4.78 is 5.88. The van der Waals surface area contributed by atoms with Crippen molar-refractivity contribution in [2.75, 3.05) is 11.9 Å². The molecule has 2 nitrogen and oxygen atoms in total. The van der Waals surface area contributed by atoms with Gasteiger partial charge in [0.2, 0.25) is 0 Å². The van der Waals surface area contributed by atoms with E-state index in [0.717, 1.165) is 23.7 Å². The van der Waals surface area contributed by atoms with Gasteiger partial charge in [0.1, 0.15) is 5.75 Å². The number of rotatable bonds is 5. The van der Waals surface area contributed by atoms with Crippen LogP contribution in [0.25, 0.3) is 0 Å². The first-order valence-corrected chi connectivity index (χ1v) is 6.45. The first-order chi connectivity index (χ1) is 9.25. The molecule has 0 unspecified atom stereocenters. The van der Waals surface area contributed by atoms with Gasteiger partial charge in [-0.3, -0.25) is 0 Å². The lowest BCUT2D eigenvalue weighted by molar-refractivity contribution is 0.484. The highest BCUT2D eigenvalue weighted by Crippen LogP contribution is 2.28. The van der Waals surface area contributed by atoms with E-state index in [-0.39, 0.29) is 0 Å². The minimum absolute atomic E-state index is 0.803. The standard InChI is InChI=1S/C17H19NO/c1-14(2)12-13-18-16-10-6-7-11-17(16)19-15-8-4-3-5-9-15/h3-12,18H,13H2,1-2H3. The molecular weight excluding hydrogens is 234 g/mol. The van der Waals surface area contributed by atoms with Crippen LogP contribution in [-0.2, 0) is 0 Å². The van der Waals surface area contributed by atoms with Crippen molar-refractivity contribution in [2.45, 2.75) is 13.8 Å². The van der Waals surface area contributed by atoms with Gasteiger partial charge in [-0.15, -0.1) is 0 Å². The fourth-order valence-electron chi connectivity index (χ4n) is 1.68. The Kier molecular flexibility index (Phi) is 4.62. The quantitative estimate of drug-likeness (QED) is 0.768. The Labute approximate surface area is 114 Å². The van der Waals surface area contributed by atoms with Gasteiger partial charge in [0.05, 0.1) is 5.69 Å². The summed E-state index contributed by atoms with van der Waals surface area (Å²) >= 11 is 0. The first kappa shape index (κ1) is 13.2. The van der Waals surface area contributed by atoms with Crippen LogP contribution < -0.4 is 10.1 Å². The molecule has 0 aromatic heterocycles. The minimum atomic E-state index is 0.803. The number of hydrogen-bond acceptors (Lipinski definition) is 2. The van der Waals surface area contributed by atoms with Gasteiger partial charge in [-0.2, -0.15) is 0 Å². The second-order valence-corrected chi connectivity index (χ2v) is 4.57. The Hall–Kier alpha value is -2.22. The van der Waals surface area contributed by atoms with Crippen LogP contribution in [0.5, 0.6) is 11.5 Å². The van der Waals surface area contributed by atoms with E-state index in [1.165, 1.54) is 5.57 Å². The highest BCUT2D eigenvalue weighted by Gasteiger charge is 2.02. The molecule has 19 heavy (non-hydrogen) atoms. The third-order valence-corrected chi connectivity index (χ3v) is 2.66. The lowest BCUT2D eigenvalue weighted by Gasteiger charge is -2.12. The molecule has 98 valence electrons. The van der Waals surface area contributed by atoms with Crippen LogP contribution in [-0.4, -0.2) is 6.54 Å². The van der Waals surface area contributed by atoms with Crippen LogP contribution in [0.3, 0.4) is 0 Å². The van der Waals surface area contributed by atoms with Crippen molar-refractivity contribution < 1.29 is 4.74 Å². The molecule has 0 saturated carbocycles. The monoisotopic (exact) mass is 253 g/mol. The molecule has 0 bridgehead atoms. The van der Waals surface area contributed by atoms with E-state index >= 15 is 0 Å². The fourth-order valence-corrected chi connectivity index (χ4v) is 1.68. The van der Waals surface area contributed by atoms with Gasteiger partial charge in [-0.25, -0.2) is 0 Å². The summed E-state index contributed by atoms with van der Waals surface area (Å²) in [4.78, 5) is 0. The molecule has 2 rings (SSSR count). The van der Waals surface area contributed by atoms with Crippen LogP contribution in [0.15, 0.2) is 66.2 Å². The fraction of sp³-hybridized carbons (Fsp3) is 0.176. The third-order valence-electron chi connectivity index (χ3n) is 2.66. The Morgan fingerprint density at radius 1 is 1.00 bits per heavy atom. The average molecular weight is 253 g/mol. The second kappa shape index (κ2) is 6.64. The zero-order valence-corrected chi connectivity index (χ0v) is 11.4. The summed E-state index contributed by atoms with van der Waals surface area (Å²) in [6.45, 7) is 4.99. The number of hydrogen-bond donors (Lipinski definition) is 1. The highest BCUT2D eigenvalue weighted by molar-refractivity contribution is 5.57. The van der Waals surface area contributed by atoms with Gasteiger partial charge in [0.15, 0.2) is 5.75 Å². The molecule has 0 heterocycles. The average Bonchev–Trinajstić information content (AvgIpc) is 2.41. The number of nitrogens with one attached hydrogen (secondary N) is 1. The molecular formula is C17H19NO. The van der Waals surface area contributed by atoms with E-state index < -0.39 is 0 Å². The molecule has 0 amide bonds. The molecule has 0 aliphatic rings. The van der Waals surface area contributed by atoms with E-state index in [4.69, 9.17) is 4.74 Å². The van der Waals surface area contributed by atoms with Gasteiger partial charge in [0.25, 0.3) is 0 Å². The van der Waals surface area contributed by atoms with E-state index in [1.807, 2.05) is 54.6 Å². The van der Waals surface area contributed by atoms with Crippen molar-refractivity contribution in [1.82, 2.24) is 0 Å². The van der Waals surface area contributed by atoms with Crippen LogP contribution in [0.2, 0.25) is 0 Å². The van der Waals surface area contributed by atoms with Crippen LogP contribution in [0.1, 0.15) is 13.8 Å². The largest absolute Gasteiger partial charge is 0.455 e. The molecule has 2 aromatic carbocycles. The zero-order valence-electron chi connectivity index (χ0n) is 11.4. The summed E-state index contributed by atoms with van der Waals surface area (Å²) in [6.07, 6.45) is 2.15. The van der Waals surface area contributed by atoms with Gasteiger partial charge in [-0.05, 0) is 38.1 Å². The van der Waals surface area contributed by atoms with Crippen LogP contribution in [0, 0.1) is 0 Å². The van der Waals surface area contributed by atoms with Gasteiger partial charge in [-0.1, -0.05) is 42.0 Å². The summed E-state index contributed by atoms with van der Waals surface area (Å²) in [7, 11) is 0. The van der Waals surface area contributed by atoms with Crippen molar-refractivity contribution >= 4 is 5.69 Å². The number of benzene rings is 2. The predicted molar refractivity (Wildman–Crippen MR) is 80.9 cm³/mol. The Morgan fingerprint density at radius 3 is 2.42 bits per heavy atom. The number of allylic oxidation sites excluding steroid dienone is 1. The molecule has 0 aliphatic heterocycles. The van der Waals surface area contributed by atoms with E-state index in [1.54, 1.807) is 0 Å². The summed E-state index contributed by atoms with van der Waals surface area (Å²) in [5.74, 6) is 1.69. The molecule has 0 fully saturated rings. The number of ether oxygens (including phenoxy) is 1. The maximum Gasteiger partial charge on any atom is 0.150 e. The Bertz CT molecular complexity index is 542. The molecule has 0 aliphatic carbocycles. The summed E-state index contributed by atoms with van der Waals surface area (Å²) in [5.41, 5.74) is 2.30. The molecule has 0 spiro atoms. The lowest BCUT2D eigenvalue weighted by atomic mass is 10.2. The van der Waals surface area contributed by atoms with E-state index in [0.29, 0.717) is 0 Å². The number of anilines is 1. The van der Waals surface area contributed by atoms with Crippen molar-refractivity contribution in [2.24, 2.45) is 0 Å². The molecule has 2 aromatic rings. The van der Waals surface area contributed by atoms with Crippen LogP contribution in [0.4, 0.5) is 5.69 Å². The van der Waals surface area contributed by atoms with Gasteiger partial charge >= 0.3 is 0 Å². The molecule has 0 radical (unpaired) electrons. The lowest BCUT2D eigenvalue weighted by Crippen LogP contribution is -2.00. The Morgan fingerprint density at radius 2 is 1.68 bits per heavy atom. The van der Waals surface area contributed by atoms with Crippen molar-refractivity contribution in [3.63, 3.8) is 0 Å². The third kappa shape index (κ3) is 4.18. The van der Waals surface area contributed by atoms with Crippen molar-refractivity contribution in [3.05, 3.63) is 66.2 Å². The van der Waals surface area contributed by atoms with Gasteiger partial charge in [0, 0.05) is 6.54 Å².